The van der Waals surface area contributed by atoms with Crippen molar-refractivity contribution in [2.24, 2.45) is 0 Å². The predicted octanol–water partition coefficient (Wildman–Crippen LogP) is 2.04. The third kappa shape index (κ3) is 3.62. The fourth-order valence-corrected chi connectivity index (χ4v) is 3.50. The molecule has 0 radical (unpaired) electrons. The third-order valence-electron chi connectivity index (χ3n) is 4.80. The molecule has 0 fully saturated rings. The molecule has 1 aromatic heterocycles. The number of hydrogen-bond acceptors (Lipinski definition) is 4. The number of H-pyrrole nitrogens is 1. The van der Waals surface area contributed by atoms with Crippen LogP contribution in [0.25, 0.3) is 11.1 Å². The second-order valence-corrected chi connectivity index (χ2v) is 6.62. The van der Waals surface area contributed by atoms with Crippen molar-refractivity contribution in [2.45, 2.75) is 25.3 Å². The zero-order valence-corrected chi connectivity index (χ0v) is 14.6. The Balaban J connectivity index is 1.37. The van der Waals surface area contributed by atoms with Gasteiger partial charge in [-0.2, -0.15) is 0 Å². The van der Waals surface area contributed by atoms with E-state index in [1.165, 1.54) is 11.6 Å². The molecule has 0 saturated carbocycles. The first-order valence-electron chi connectivity index (χ1n) is 8.88. The average molecular weight is 365 g/mol. The van der Waals surface area contributed by atoms with E-state index in [4.69, 9.17) is 4.42 Å². The first-order chi connectivity index (χ1) is 13.1. The van der Waals surface area contributed by atoms with E-state index >= 15 is 0 Å². The van der Waals surface area contributed by atoms with Crippen LogP contribution in [-0.2, 0) is 11.2 Å². The molecule has 1 atom stereocenters. The normalized spacial score (nSPS) is 15.9. The molecule has 27 heavy (non-hydrogen) atoms. The summed E-state index contributed by atoms with van der Waals surface area (Å²) in [6.07, 6.45) is 2.94. The lowest BCUT2D eigenvalue weighted by molar-refractivity contribution is -0.121. The Labute approximate surface area is 154 Å². The van der Waals surface area contributed by atoms with E-state index in [0.29, 0.717) is 16.7 Å². The molecule has 4 rings (SSSR count). The number of aromatic amines is 1. The Bertz CT molecular complexity index is 1070. The molecule has 3 aromatic rings. The van der Waals surface area contributed by atoms with Crippen LogP contribution in [0.5, 0.6) is 0 Å². The third-order valence-corrected chi connectivity index (χ3v) is 4.80. The van der Waals surface area contributed by atoms with Crippen LogP contribution in [0.1, 0.15) is 40.4 Å². The molecular formula is C20H19N3O4. The topological polar surface area (TPSA) is 104 Å². The number of carbonyl (C=O) groups excluding carboxylic acids is 2. The number of aryl methyl sites for hydroxylation is 1. The molecule has 1 aliphatic carbocycles. The van der Waals surface area contributed by atoms with Gasteiger partial charge in [-0.05, 0) is 48.6 Å². The van der Waals surface area contributed by atoms with Crippen molar-refractivity contribution < 1.29 is 14.0 Å². The molecule has 1 aliphatic rings. The molecule has 0 aliphatic heterocycles. The van der Waals surface area contributed by atoms with Gasteiger partial charge < -0.3 is 15.1 Å². The highest BCUT2D eigenvalue weighted by atomic mass is 16.4. The first-order valence-corrected chi connectivity index (χ1v) is 8.88. The highest BCUT2D eigenvalue weighted by Gasteiger charge is 2.21. The average Bonchev–Trinajstić information content (AvgIpc) is 3.05. The second kappa shape index (κ2) is 7.11. The number of amides is 2. The Morgan fingerprint density at radius 1 is 1.19 bits per heavy atom. The second-order valence-electron chi connectivity index (χ2n) is 6.62. The molecule has 0 saturated heterocycles. The molecule has 1 unspecified atom stereocenters. The lowest BCUT2D eigenvalue weighted by Gasteiger charge is -2.26. The number of hydrogen-bond donors (Lipinski definition) is 3. The summed E-state index contributed by atoms with van der Waals surface area (Å²) in [5.74, 6) is -1.21. The highest BCUT2D eigenvalue weighted by Crippen LogP contribution is 2.29. The number of nitrogens with one attached hydrogen (secondary N) is 3. The number of oxazole rings is 1. The fraction of sp³-hybridized carbons (Fsp3) is 0.250. The number of carbonyl (C=O) groups is 2. The monoisotopic (exact) mass is 365 g/mol. The maximum atomic E-state index is 12.3. The molecule has 138 valence electrons. The molecule has 2 amide bonds. The van der Waals surface area contributed by atoms with Crippen LogP contribution in [0.3, 0.4) is 0 Å². The molecule has 7 heteroatoms. The van der Waals surface area contributed by atoms with Crippen LogP contribution < -0.4 is 16.4 Å². The minimum Gasteiger partial charge on any atom is -0.408 e. The number of benzene rings is 2. The van der Waals surface area contributed by atoms with E-state index in [1.807, 2.05) is 18.2 Å². The molecule has 2 aromatic carbocycles. The Morgan fingerprint density at radius 2 is 2.04 bits per heavy atom. The summed E-state index contributed by atoms with van der Waals surface area (Å²) in [7, 11) is 0. The van der Waals surface area contributed by atoms with Gasteiger partial charge in [-0.25, -0.2) is 4.79 Å². The van der Waals surface area contributed by atoms with E-state index < -0.39 is 11.7 Å². The van der Waals surface area contributed by atoms with E-state index in [1.54, 1.807) is 12.1 Å². The molecule has 0 bridgehead atoms. The minimum atomic E-state index is -0.574. The zero-order chi connectivity index (χ0) is 18.8. The highest BCUT2D eigenvalue weighted by molar-refractivity contribution is 5.98. The molecule has 0 spiro atoms. The van der Waals surface area contributed by atoms with Crippen LogP contribution in [-0.4, -0.2) is 23.3 Å². The maximum Gasteiger partial charge on any atom is 0.417 e. The van der Waals surface area contributed by atoms with Crippen LogP contribution in [0, 0.1) is 0 Å². The van der Waals surface area contributed by atoms with Gasteiger partial charge in [0.15, 0.2) is 5.58 Å². The van der Waals surface area contributed by atoms with Crippen LogP contribution in [0.4, 0.5) is 0 Å². The van der Waals surface area contributed by atoms with E-state index in [0.717, 1.165) is 24.8 Å². The molecule has 3 N–H and O–H groups in total. The van der Waals surface area contributed by atoms with Crippen molar-refractivity contribution in [1.82, 2.24) is 15.6 Å². The number of fused-ring (bicyclic) bond motifs is 2. The summed E-state index contributed by atoms with van der Waals surface area (Å²) in [6, 6.07) is 12.7. The first kappa shape index (κ1) is 17.1. The van der Waals surface area contributed by atoms with Crippen molar-refractivity contribution in [1.29, 1.82) is 0 Å². The summed E-state index contributed by atoms with van der Waals surface area (Å²) in [5, 5.41) is 5.60. The van der Waals surface area contributed by atoms with Gasteiger partial charge in [-0.3, -0.25) is 14.6 Å². The standard InChI is InChI=1S/C20H19N3O4/c24-18(22-15-7-3-5-12-4-1-2-6-14(12)15)11-21-19(25)13-8-9-16-17(10-13)27-20(26)23-16/h1-2,4,6,8-10,15H,3,5,7,11H2,(H,21,25)(H,22,24)(H,23,26). The SMILES string of the molecule is O=C(CNC(=O)c1ccc2[nH]c(=O)oc2c1)NC1CCCc2ccccc21. The van der Waals surface area contributed by atoms with E-state index in [-0.39, 0.29) is 18.5 Å². The van der Waals surface area contributed by atoms with Crippen LogP contribution in [0.2, 0.25) is 0 Å². The van der Waals surface area contributed by atoms with Crippen molar-refractivity contribution in [2.75, 3.05) is 6.54 Å². The zero-order valence-electron chi connectivity index (χ0n) is 14.6. The van der Waals surface area contributed by atoms with Crippen molar-refractivity contribution in [3.63, 3.8) is 0 Å². The van der Waals surface area contributed by atoms with Crippen molar-refractivity contribution in [3.8, 4) is 0 Å². The number of aromatic nitrogens is 1. The quantitative estimate of drug-likeness (QED) is 0.658. The largest absolute Gasteiger partial charge is 0.417 e. The van der Waals surface area contributed by atoms with Gasteiger partial charge in [-0.15, -0.1) is 0 Å². The van der Waals surface area contributed by atoms with Gasteiger partial charge in [0.1, 0.15) is 0 Å². The van der Waals surface area contributed by atoms with Gasteiger partial charge in [0.2, 0.25) is 5.91 Å². The smallest absolute Gasteiger partial charge is 0.408 e. The van der Waals surface area contributed by atoms with Crippen LogP contribution >= 0.6 is 0 Å². The Hall–Kier alpha value is -3.35. The lowest BCUT2D eigenvalue weighted by atomic mass is 9.88. The summed E-state index contributed by atoms with van der Waals surface area (Å²) >= 11 is 0. The Morgan fingerprint density at radius 3 is 2.93 bits per heavy atom. The fourth-order valence-electron chi connectivity index (χ4n) is 3.50. The van der Waals surface area contributed by atoms with Gasteiger partial charge >= 0.3 is 5.76 Å². The summed E-state index contributed by atoms with van der Waals surface area (Å²) in [5.41, 5.74) is 3.55. The Kier molecular flexibility index (Phi) is 4.50. The maximum absolute atomic E-state index is 12.3. The van der Waals surface area contributed by atoms with Crippen molar-refractivity contribution >= 4 is 22.9 Å². The molecule has 1 heterocycles. The number of rotatable bonds is 4. The van der Waals surface area contributed by atoms with Crippen LogP contribution in [0.15, 0.2) is 51.7 Å². The summed E-state index contributed by atoms with van der Waals surface area (Å²) in [4.78, 5) is 38.2. The van der Waals surface area contributed by atoms with Gasteiger partial charge in [-0.1, -0.05) is 24.3 Å². The van der Waals surface area contributed by atoms with E-state index in [2.05, 4.69) is 21.7 Å². The predicted molar refractivity (Wildman–Crippen MR) is 99.4 cm³/mol. The van der Waals surface area contributed by atoms with Gasteiger partial charge in [0, 0.05) is 5.56 Å². The molecule has 7 nitrogen and oxygen atoms in total. The minimum absolute atomic E-state index is 0.0233. The summed E-state index contributed by atoms with van der Waals surface area (Å²) < 4.78 is 4.95. The molecular weight excluding hydrogens is 346 g/mol. The summed E-state index contributed by atoms with van der Waals surface area (Å²) in [6.45, 7) is -0.118. The van der Waals surface area contributed by atoms with Gasteiger partial charge in [0.05, 0.1) is 18.1 Å². The lowest BCUT2D eigenvalue weighted by Crippen LogP contribution is -2.39. The van der Waals surface area contributed by atoms with E-state index in [9.17, 15) is 14.4 Å². The van der Waals surface area contributed by atoms with Crippen molar-refractivity contribution in [3.05, 3.63) is 69.7 Å². The van der Waals surface area contributed by atoms with Gasteiger partial charge in [0.25, 0.3) is 5.91 Å².